The molecular weight excluding hydrogens is 222 g/mol. The molecule has 1 aromatic carbocycles. The fraction of sp³-hybridized carbons (Fsp3) is 0.417. The van der Waals surface area contributed by atoms with Gasteiger partial charge in [-0.15, -0.1) is 0 Å². The zero-order valence-corrected chi connectivity index (χ0v) is 9.44. The number of nitrogens with one attached hydrogen (secondary N) is 1. The molecule has 0 amide bonds. The summed E-state index contributed by atoms with van der Waals surface area (Å²) in [6.45, 7) is 2.15. The molecule has 2 rings (SSSR count). The first-order valence-corrected chi connectivity index (χ1v) is 5.57. The molecule has 1 aromatic rings. The summed E-state index contributed by atoms with van der Waals surface area (Å²) < 4.78 is 11.0. The minimum Gasteiger partial charge on any atom is -0.486 e. The molecule has 0 radical (unpaired) electrons. The van der Waals surface area contributed by atoms with Gasteiger partial charge in [0.2, 0.25) is 0 Å². The zero-order valence-electron chi connectivity index (χ0n) is 9.44. The largest absolute Gasteiger partial charge is 0.486 e. The van der Waals surface area contributed by atoms with E-state index in [0.29, 0.717) is 26.3 Å². The highest BCUT2D eigenvalue weighted by Gasteiger charge is 2.14. The number of hydrogen-bond donors (Lipinski definition) is 2. The summed E-state index contributed by atoms with van der Waals surface area (Å²) in [7, 11) is 0. The van der Waals surface area contributed by atoms with Gasteiger partial charge in [-0.05, 0) is 6.07 Å². The number of aliphatic carboxylic acids is 1. The van der Waals surface area contributed by atoms with Gasteiger partial charge in [0, 0.05) is 18.7 Å². The number of carboxylic acids is 1. The Balaban J connectivity index is 1.94. The van der Waals surface area contributed by atoms with Crippen molar-refractivity contribution < 1.29 is 19.4 Å². The number of carboxylic acid groups (broad SMARTS) is 1. The van der Waals surface area contributed by atoms with Crippen LogP contribution in [0.15, 0.2) is 18.2 Å². The van der Waals surface area contributed by atoms with Crippen molar-refractivity contribution >= 4 is 5.97 Å². The Morgan fingerprint density at radius 3 is 3.00 bits per heavy atom. The minimum absolute atomic E-state index is 0.117. The second-order valence-corrected chi connectivity index (χ2v) is 3.76. The third kappa shape index (κ3) is 3.10. The minimum atomic E-state index is -0.799. The molecule has 0 saturated carbocycles. The van der Waals surface area contributed by atoms with E-state index in [9.17, 15) is 4.79 Å². The van der Waals surface area contributed by atoms with Crippen LogP contribution in [0.4, 0.5) is 0 Å². The van der Waals surface area contributed by atoms with E-state index in [1.165, 1.54) is 0 Å². The highest BCUT2D eigenvalue weighted by Crippen LogP contribution is 2.33. The third-order valence-corrected chi connectivity index (χ3v) is 2.48. The van der Waals surface area contributed by atoms with Crippen molar-refractivity contribution in [2.45, 2.75) is 13.0 Å². The lowest BCUT2D eigenvalue weighted by molar-refractivity contribution is -0.136. The van der Waals surface area contributed by atoms with Gasteiger partial charge in [0.1, 0.15) is 13.2 Å². The first-order valence-electron chi connectivity index (χ1n) is 5.57. The Labute approximate surface area is 99.3 Å². The Hall–Kier alpha value is -1.75. The fourth-order valence-corrected chi connectivity index (χ4v) is 1.69. The maximum atomic E-state index is 10.4. The van der Waals surface area contributed by atoms with Gasteiger partial charge in [-0.3, -0.25) is 4.79 Å². The van der Waals surface area contributed by atoms with Crippen molar-refractivity contribution in [3.8, 4) is 11.5 Å². The number of ether oxygens (including phenoxy) is 2. The normalized spacial score (nSPS) is 13.4. The molecule has 17 heavy (non-hydrogen) atoms. The Bertz CT molecular complexity index is 405. The highest BCUT2D eigenvalue weighted by atomic mass is 16.6. The van der Waals surface area contributed by atoms with Crippen molar-refractivity contribution in [1.29, 1.82) is 0 Å². The summed E-state index contributed by atoms with van der Waals surface area (Å²) in [5.74, 6) is 0.725. The smallest absolute Gasteiger partial charge is 0.304 e. The predicted molar refractivity (Wildman–Crippen MR) is 61.4 cm³/mol. The molecular formula is C12H15NO4. The van der Waals surface area contributed by atoms with E-state index >= 15 is 0 Å². The van der Waals surface area contributed by atoms with Gasteiger partial charge in [-0.1, -0.05) is 12.1 Å². The molecule has 0 atom stereocenters. The van der Waals surface area contributed by atoms with Crippen molar-refractivity contribution in [1.82, 2.24) is 5.32 Å². The molecule has 0 fully saturated rings. The fourth-order valence-electron chi connectivity index (χ4n) is 1.69. The van der Waals surface area contributed by atoms with Gasteiger partial charge in [0.15, 0.2) is 11.5 Å². The molecule has 5 nitrogen and oxygen atoms in total. The van der Waals surface area contributed by atoms with Crippen molar-refractivity contribution in [3.05, 3.63) is 23.8 Å². The molecule has 0 saturated heterocycles. The first-order chi connectivity index (χ1) is 8.27. The van der Waals surface area contributed by atoms with Crippen LogP contribution in [0.3, 0.4) is 0 Å². The van der Waals surface area contributed by atoms with E-state index in [-0.39, 0.29) is 6.42 Å². The Morgan fingerprint density at radius 1 is 1.35 bits per heavy atom. The molecule has 0 bridgehead atoms. The summed E-state index contributed by atoms with van der Waals surface area (Å²) in [5, 5.41) is 11.6. The number of hydrogen-bond acceptors (Lipinski definition) is 4. The Kier molecular flexibility index (Phi) is 3.82. The van der Waals surface area contributed by atoms with Crippen LogP contribution in [-0.4, -0.2) is 30.8 Å². The summed E-state index contributed by atoms with van der Waals surface area (Å²) in [6, 6.07) is 5.72. The second kappa shape index (κ2) is 5.54. The van der Waals surface area contributed by atoms with E-state index in [4.69, 9.17) is 14.6 Å². The molecule has 1 heterocycles. The van der Waals surface area contributed by atoms with Crippen molar-refractivity contribution in [2.24, 2.45) is 0 Å². The molecule has 5 heteroatoms. The molecule has 0 aliphatic carbocycles. The molecule has 0 aromatic heterocycles. The van der Waals surface area contributed by atoms with E-state index in [2.05, 4.69) is 5.32 Å². The average Bonchev–Trinajstić information content (AvgIpc) is 2.34. The van der Waals surface area contributed by atoms with Gasteiger partial charge >= 0.3 is 5.97 Å². The van der Waals surface area contributed by atoms with Crippen molar-refractivity contribution in [3.63, 3.8) is 0 Å². The Morgan fingerprint density at radius 2 is 2.18 bits per heavy atom. The molecule has 2 N–H and O–H groups in total. The van der Waals surface area contributed by atoms with E-state index in [1.54, 1.807) is 0 Å². The molecule has 0 spiro atoms. The predicted octanol–water partition coefficient (Wildman–Crippen LogP) is 1.02. The molecule has 92 valence electrons. The second-order valence-electron chi connectivity index (χ2n) is 3.76. The summed E-state index contributed by atoms with van der Waals surface area (Å²) in [5.41, 5.74) is 0.993. The van der Waals surface area contributed by atoms with Gasteiger partial charge in [-0.25, -0.2) is 0 Å². The standard InChI is InChI=1S/C12H15NO4/c14-11(15)4-5-13-8-9-2-1-3-10-12(9)17-7-6-16-10/h1-3,13H,4-8H2,(H,14,15). The first kappa shape index (κ1) is 11.7. The van der Waals surface area contributed by atoms with Crippen LogP contribution in [0, 0.1) is 0 Å². The summed E-state index contributed by atoms with van der Waals surface area (Å²) >= 11 is 0. The monoisotopic (exact) mass is 237 g/mol. The van der Waals surface area contributed by atoms with Crippen LogP contribution >= 0.6 is 0 Å². The maximum Gasteiger partial charge on any atom is 0.304 e. The molecule has 1 aliphatic rings. The molecule has 1 aliphatic heterocycles. The average molecular weight is 237 g/mol. The topological polar surface area (TPSA) is 67.8 Å². The van der Waals surface area contributed by atoms with Crippen LogP contribution < -0.4 is 14.8 Å². The third-order valence-electron chi connectivity index (χ3n) is 2.48. The highest BCUT2D eigenvalue weighted by molar-refractivity contribution is 5.66. The lowest BCUT2D eigenvalue weighted by Gasteiger charge is -2.21. The number of fused-ring (bicyclic) bond motifs is 1. The van der Waals surface area contributed by atoms with Crippen LogP contribution in [0.25, 0.3) is 0 Å². The lowest BCUT2D eigenvalue weighted by Crippen LogP contribution is -2.20. The van der Waals surface area contributed by atoms with Gasteiger partial charge < -0.3 is 19.9 Å². The van der Waals surface area contributed by atoms with E-state index in [0.717, 1.165) is 17.1 Å². The summed E-state index contributed by atoms with van der Waals surface area (Å²) in [4.78, 5) is 10.4. The maximum absolute atomic E-state index is 10.4. The number of carbonyl (C=O) groups is 1. The number of para-hydroxylation sites is 1. The molecule has 0 unspecified atom stereocenters. The van der Waals surface area contributed by atoms with Crippen LogP contribution in [0.5, 0.6) is 11.5 Å². The quantitative estimate of drug-likeness (QED) is 0.748. The van der Waals surface area contributed by atoms with Gasteiger partial charge in [0.05, 0.1) is 6.42 Å². The van der Waals surface area contributed by atoms with Gasteiger partial charge in [0.25, 0.3) is 0 Å². The van der Waals surface area contributed by atoms with E-state index in [1.807, 2.05) is 18.2 Å². The summed E-state index contributed by atoms with van der Waals surface area (Å²) in [6.07, 6.45) is 0.117. The van der Waals surface area contributed by atoms with Crippen LogP contribution in [-0.2, 0) is 11.3 Å². The van der Waals surface area contributed by atoms with Crippen LogP contribution in [0.2, 0.25) is 0 Å². The number of rotatable bonds is 5. The van der Waals surface area contributed by atoms with Crippen LogP contribution in [0.1, 0.15) is 12.0 Å². The zero-order chi connectivity index (χ0) is 12.1. The number of benzene rings is 1. The van der Waals surface area contributed by atoms with Gasteiger partial charge in [-0.2, -0.15) is 0 Å². The van der Waals surface area contributed by atoms with E-state index < -0.39 is 5.97 Å². The lowest BCUT2D eigenvalue weighted by atomic mass is 10.1. The SMILES string of the molecule is O=C(O)CCNCc1cccc2c1OCCO2. The van der Waals surface area contributed by atoms with Crippen molar-refractivity contribution in [2.75, 3.05) is 19.8 Å².